The van der Waals surface area contributed by atoms with Crippen LogP contribution in [0.5, 0.6) is 0 Å². The van der Waals surface area contributed by atoms with Gasteiger partial charge in [0.05, 0.1) is 0 Å². The van der Waals surface area contributed by atoms with Crippen LogP contribution in [0.1, 0.15) is 12.5 Å². The van der Waals surface area contributed by atoms with E-state index in [0.29, 0.717) is 0 Å². The second-order valence-corrected chi connectivity index (χ2v) is 2.61. The molecule has 0 aliphatic carbocycles. The molecule has 0 atom stereocenters. The minimum Gasteiger partial charge on any atom is -0.261 e. The van der Waals surface area contributed by atoms with Crippen molar-refractivity contribution in [2.45, 2.75) is 13.3 Å². The summed E-state index contributed by atoms with van der Waals surface area (Å²) in [5.41, 5.74) is 1.14. The summed E-state index contributed by atoms with van der Waals surface area (Å²) in [6, 6.07) is 0. The van der Waals surface area contributed by atoms with Gasteiger partial charge < -0.3 is 0 Å². The molecule has 49 valence electrons. The molecule has 0 aromatic carbocycles. The van der Waals surface area contributed by atoms with Gasteiger partial charge in [-0.2, -0.15) is 5.10 Å². The van der Waals surface area contributed by atoms with Crippen LogP contribution in [-0.2, 0) is 13.5 Å². The van der Waals surface area contributed by atoms with Crippen LogP contribution in [0, 0.1) is 6.20 Å². The van der Waals surface area contributed by atoms with Crippen molar-refractivity contribution < 1.29 is 0 Å². The number of aryl methyl sites for hydroxylation is 2. The van der Waals surface area contributed by atoms with Gasteiger partial charge in [-0.1, -0.05) is 6.92 Å². The molecule has 0 amide bonds. The van der Waals surface area contributed by atoms with Gasteiger partial charge >= 0.3 is 0 Å². The van der Waals surface area contributed by atoms with Gasteiger partial charge in [-0.15, -0.1) is 0 Å². The van der Waals surface area contributed by atoms with Crippen LogP contribution < -0.4 is 0 Å². The van der Waals surface area contributed by atoms with E-state index in [1.807, 2.05) is 7.05 Å². The molecule has 1 radical (unpaired) electrons. The van der Waals surface area contributed by atoms with Gasteiger partial charge in [0, 0.05) is 12.6 Å². The Bertz CT molecular complexity index is 205. The molecule has 2 nitrogen and oxygen atoms in total. The fourth-order valence-corrected chi connectivity index (χ4v) is 1.09. The summed E-state index contributed by atoms with van der Waals surface area (Å²) in [6.45, 7) is 2.08. The molecule has 0 aliphatic heterocycles. The molecule has 0 N–H and O–H groups in total. The smallest absolute Gasteiger partial charge is 0.117 e. The van der Waals surface area contributed by atoms with E-state index < -0.39 is 0 Å². The Morgan fingerprint density at radius 3 is 2.67 bits per heavy atom. The summed E-state index contributed by atoms with van der Waals surface area (Å²) in [6.07, 6.45) is 3.87. The first-order valence-electron chi connectivity index (χ1n) is 2.84. The quantitative estimate of drug-likeness (QED) is 0.653. The Labute approximate surface area is 63.0 Å². The molecule has 0 aliphatic rings. The molecule has 0 saturated heterocycles. The van der Waals surface area contributed by atoms with Gasteiger partial charge in [-0.25, -0.2) is 0 Å². The van der Waals surface area contributed by atoms with E-state index >= 15 is 0 Å². The van der Waals surface area contributed by atoms with E-state index in [9.17, 15) is 0 Å². The molecular weight excluding hydrogens is 180 g/mol. The van der Waals surface area contributed by atoms with Gasteiger partial charge in [0.2, 0.25) is 0 Å². The average molecular weight is 188 g/mol. The maximum absolute atomic E-state index is 3.93. The minimum absolute atomic E-state index is 0.981. The number of rotatable bonds is 1. The van der Waals surface area contributed by atoms with Crippen molar-refractivity contribution in [2.24, 2.45) is 7.05 Å². The van der Waals surface area contributed by atoms with Gasteiger partial charge in [0.25, 0.3) is 0 Å². The molecule has 0 fully saturated rings. The van der Waals surface area contributed by atoms with Crippen LogP contribution in [-0.4, -0.2) is 9.78 Å². The molecule has 3 heteroatoms. The topological polar surface area (TPSA) is 17.8 Å². The van der Waals surface area contributed by atoms with E-state index in [2.05, 4.69) is 34.1 Å². The Morgan fingerprint density at radius 2 is 2.44 bits per heavy atom. The van der Waals surface area contributed by atoms with Crippen molar-refractivity contribution in [3.05, 3.63) is 16.4 Å². The van der Waals surface area contributed by atoms with Gasteiger partial charge in [-0.3, -0.25) is 4.68 Å². The first-order valence-corrected chi connectivity index (χ1v) is 3.64. The molecular formula is C6H8BrN2. The summed E-state index contributed by atoms with van der Waals surface area (Å²) in [4.78, 5) is 0. The highest BCUT2D eigenvalue weighted by Crippen LogP contribution is 2.13. The Balaban J connectivity index is 3.04. The third-order valence-corrected chi connectivity index (χ3v) is 2.21. The van der Waals surface area contributed by atoms with Crippen LogP contribution >= 0.6 is 15.9 Å². The molecule has 1 heterocycles. The standard InChI is InChI=1S/C6H8BrN2/c1-3-5-4-8-9(2)6(5)7/h3H2,1-2H3. The number of halogens is 1. The highest BCUT2D eigenvalue weighted by atomic mass is 79.9. The Kier molecular flexibility index (Phi) is 1.90. The maximum atomic E-state index is 3.93. The largest absolute Gasteiger partial charge is 0.261 e. The van der Waals surface area contributed by atoms with E-state index in [4.69, 9.17) is 0 Å². The predicted molar refractivity (Wildman–Crippen MR) is 39.1 cm³/mol. The number of nitrogens with zero attached hydrogens (tertiary/aromatic N) is 2. The maximum Gasteiger partial charge on any atom is 0.117 e. The first kappa shape index (κ1) is 6.81. The number of aromatic nitrogens is 2. The molecule has 1 aromatic rings. The summed E-state index contributed by atoms with van der Waals surface area (Å²) < 4.78 is 2.80. The van der Waals surface area contributed by atoms with Crippen LogP contribution in [0.4, 0.5) is 0 Å². The predicted octanol–water partition coefficient (Wildman–Crippen LogP) is 1.55. The summed E-state index contributed by atoms with van der Waals surface area (Å²) in [7, 11) is 1.89. The van der Waals surface area contributed by atoms with Crippen LogP contribution in [0.3, 0.4) is 0 Å². The van der Waals surface area contributed by atoms with Crippen molar-refractivity contribution in [2.75, 3.05) is 0 Å². The lowest BCUT2D eigenvalue weighted by atomic mass is 10.3. The summed E-state index contributed by atoms with van der Waals surface area (Å²) in [5.74, 6) is 0. The molecule has 0 unspecified atom stereocenters. The van der Waals surface area contributed by atoms with Gasteiger partial charge in [0.1, 0.15) is 10.8 Å². The van der Waals surface area contributed by atoms with Crippen LogP contribution in [0.15, 0.2) is 4.60 Å². The molecule has 0 bridgehead atoms. The van der Waals surface area contributed by atoms with Crippen LogP contribution in [0.25, 0.3) is 0 Å². The lowest BCUT2D eigenvalue weighted by molar-refractivity contribution is 0.746. The molecule has 1 rings (SSSR count). The fourth-order valence-electron chi connectivity index (χ4n) is 0.646. The van der Waals surface area contributed by atoms with Gasteiger partial charge in [-0.05, 0) is 22.4 Å². The van der Waals surface area contributed by atoms with E-state index in [0.717, 1.165) is 16.6 Å². The first-order chi connectivity index (χ1) is 4.25. The van der Waals surface area contributed by atoms with Crippen molar-refractivity contribution in [1.29, 1.82) is 0 Å². The molecule has 9 heavy (non-hydrogen) atoms. The minimum atomic E-state index is 0.981. The fraction of sp³-hybridized carbons (Fsp3) is 0.500. The van der Waals surface area contributed by atoms with Crippen molar-refractivity contribution in [3.8, 4) is 0 Å². The summed E-state index contributed by atoms with van der Waals surface area (Å²) >= 11 is 3.38. The lowest BCUT2D eigenvalue weighted by Crippen LogP contribution is -1.89. The SMILES string of the molecule is CCc1[c]nn(C)c1Br. The van der Waals surface area contributed by atoms with Crippen molar-refractivity contribution in [3.63, 3.8) is 0 Å². The van der Waals surface area contributed by atoms with E-state index in [1.54, 1.807) is 4.68 Å². The average Bonchev–Trinajstić information content (AvgIpc) is 2.15. The van der Waals surface area contributed by atoms with Gasteiger partial charge in [0.15, 0.2) is 0 Å². The molecule has 0 saturated carbocycles. The third kappa shape index (κ3) is 1.15. The summed E-state index contributed by atoms with van der Waals surface area (Å²) in [5, 5.41) is 3.93. The van der Waals surface area contributed by atoms with Crippen molar-refractivity contribution >= 4 is 15.9 Å². The van der Waals surface area contributed by atoms with E-state index in [-0.39, 0.29) is 0 Å². The third-order valence-electron chi connectivity index (χ3n) is 1.22. The molecule has 0 spiro atoms. The van der Waals surface area contributed by atoms with Crippen molar-refractivity contribution in [1.82, 2.24) is 9.78 Å². The lowest BCUT2D eigenvalue weighted by Gasteiger charge is -1.91. The second kappa shape index (κ2) is 2.52. The van der Waals surface area contributed by atoms with Crippen LogP contribution in [0.2, 0.25) is 0 Å². The highest BCUT2D eigenvalue weighted by molar-refractivity contribution is 9.10. The normalized spacial score (nSPS) is 10.1. The highest BCUT2D eigenvalue weighted by Gasteiger charge is 2.01. The zero-order chi connectivity index (χ0) is 6.85. The number of hydrogen-bond donors (Lipinski definition) is 0. The van der Waals surface area contributed by atoms with E-state index in [1.165, 1.54) is 0 Å². The Hall–Kier alpha value is -0.310. The monoisotopic (exact) mass is 187 g/mol. The zero-order valence-corrected chi connectivity index (χ0v) is 7.07. The molecule has 1 aromatic heterocycles. The number of hydrogen-bond acceptors (Lipinski definition) is 1. The Morgan fingerprint density at radius 1 is 1.78 bits per heavy atom. The zero-order valence-electron chi connectivity index (χ0n) is 5.48. The second-order valence-electron chi connectivity index (χ2n) is 1.86.